The van der Waals surface area contributed by atoms with Crippen LogP contribution < -0.4 is 10.6 Å². The number of benzene rings is 4. The predicted molar refractivity (Wildman–Crippen MR) is 161 cm³/mol. The van der Waals surface area contributed by atoms with Gasteiger partial charge in [-0.15, -0.1) is 0 Å². The summed E-state index contributed by atoms with van der Waals surface area (Å²) < 4.78 is 0. The Labute approximate surface area is 223 Å². The number of aryl methyl sites for hydroxylation is 1. The molecule has 5 rings (SSSR count). The number of hydrogen-bond donors (Lipinski definition) is 0. The summed E-state index contributed by atoms with van der Waals surface area (Å²) in [6, 6.07) is 46.0. The summed E-state index contributed by atoms with van der Waals surface area (Å²) in [6.45, 7) is 6.76. The van der Waals surface area contributed by atoms with Crippen LogP contribution >= 0.6 is 7.92 Å². The maximum Gasteiger partial charge on any atom is 0.0709 e. The summed E-state index contributed by atoms with van der Waals surface area (Å²) in [6.07, 6.45) is 2.16. The van der Waals surface area contributed by atoms with E-state index in [0.29, 0.717) is 0 Å². The highest BCUT2D eigenvalue weighted by Crippen LogP contribution is 2.35. The molecule has 0 radical (unpaired) electrons. The van der Waals surface area contributed by atoms with Crippen molar-refractivity contribution in [3.8, 4) is 22.5 Å². The average Bonchev–Trinajstić information content (AvgIpc) is 2.94. The molecule has 0 atom stereocenters. The molecule has 1 aromatic heterocycles. The molecule has 4 aromatic carbocycles. The first-order valence-electron chi connectivity index (χ1n) is 13.0. The first-order valence-corrected chi connectivity index (χ1v) is 14.5. The lowest BCUT2D eigenvalue weighted by Gasteiger charge is -2.20. The van der Waals surface area contributed by atoms with Crippen molar-refractivity contribution in [3.63, 3.8) is 0 Å². The zero-order chi connectivity index (χ0) is 25.7. The lowest BCUT2D eigenvalue weighted by Crippen LogP contribution is -2.14. The van der Waals surface area contributed by atoms with E-state index in [4.69, 9.17) is 4.98 Å². The summed E-state index contributed by atoms with van der Waals surface area (Å²) >= 11 is 0. The van der Waals surface area contributed by atoms with Gasteiger partial charge in [0.2, 0.25) is 0 Å². The van der Waals surface area contributed by atoms with Crippen molar-refractivity contribution >= 4 is 18.5 Å². The summed E-state index contributed by atoms with van der Waals surface area (Å²) in [4.78, 5) is 5.07. The van der Waals surface area contributed by atoms with Crippen molar-refractivity contribution in [3.05, 3.63) is 139 Å². The number of nitrogens with zero attached hydrogens (tertiary/aromatic N) is 1. The molecule has 0 unspecified atom stereocenters. The van der Waals surface area contributed by atoms with E-state index >= 15 is 0 Å². The van der Waals surface area contributed by atoms with Crippen molar-refractivity contribution < 1.29 is 0 Å². The Morgan fingerprint density at radius 2 is 1.11 bits per heavy atom. The molecule has 0 saturated heterocycles. The average molecular weight is 500 g/mol. The molecule has 0 aliphatic heterocycles. The zero-order valence-electron chi connectivity index (χ0n) is 21.9. The maximum absolute atomic E-state index is 5.07. The van der Waals surface area contributed by atoms with Gasteiger partial charge in [-0.3, -0.25) is 0 Å². The molecule has 0 aliphatic rings. The number of rotatable bonds is 7. The standard InChI is InChI=1S/C35H34NP/c1-35(2,3)30-16-11-15-29(26-30)34-22-12-21-33(36-34)28-14-10-13-27(25-28)23-24-37(31-17-6-4-7-18-31)32-19-8-5-9-20-32/h4-22,25-26H,23-24H2,1-3H3. The molecule has 37 heavy (non-hydrogen) atoms. The third kappa shape index (κ3) is 6.24. The van der Waals surface area contributed by atoms with E-state index in [2.05, 4.69) is 148 Å². The minimum atomic E-state index is -0.402. The Kier molecular flexibility index (Phi) is 7.63. The smallest absolute Gasteiger partial charge is 0.0709 e. The van der Waals surface area contributed by atoms with E-state index < -0.39 is 7.92 Å². The molecular weight excluding hydrogens is 465 g/mol. The number of pyridine rings is 1. The second-order valence-electron chi connectivity index (χ2n) is 10.5. The van der Waals surface area contributed by atoms with Gasteiger partial charge in [-0.05, 0) is 71.9 Å². The SMILES string of the molecule is CC(C)(C)c1cccc(-c2cccc(-c3cccc(CCP(c4ccccc4)c4ccccc4)c3)n2)c1. The van der Waals surface area contributed by atoms with E-state index in [1.54, 1.807) is 0 Å². The molecule has 2 heteroatoms. The van der Waals surface area contributed by atoms with Gasteiger partial charge < -0.3 is 0 Å². The lowest BCUT2D eigenvalue weighted by molar-refractivity contribution is 0.590. The van der Waals surface area contributed by atoms with Crippen LogP contribution in [0.5, 0.6) is 0 Å². The van der Waals surface area contributed by atoms with E-state index in [9.17, 15) is 0 Å². The zero-order valence-corrected chi connectivity index (χ0v) is 22.8. The molecule has 0 spiro atoms. The predicted octanol–water partition coefficient (Wildman–Crippen LogP) is 8.39. The molecule has 0 fully saturated rings. The largest absolute Gasteiger partial charge is 0.248 e. The Morgan fingerprint density at radius 1 is 0.568 bits per heavy atom. The van der Waals surface area contributed by atoms with Crippen molar-refractivity contribution in [1.29, 1.82) is 0 Å². The molecule has 5 aromatic rings. The molecular formula is C35H34NP. The van der Waals surface area contributed by atoms with Crippen LogP contribution in [0.1, 0.15) is 31.9 Å². The molecule has 0 N–H and O–H groups in total. The van der Waals surface area contributed by atoms with E-state index in [1.165, 1.54) is 32.9 Å². The molecule has 1 heterocycles. The summed E-state index contributed by atoms with van der Waals surface area (Å²) in [7, 11) is -0.402. The van der Waals surface area contributed by atoms with Crippen LogP contribution in [-0.2, 0) is 11.8 Å². The van der Waals surface area contributed by atoms with Gasteiger partial charge in [-0.1, -0.05) is 124 Å². The Morgan fingerprint density at radius 3 is 1.70 bits per heavy atom. The Balaban J connectivity index is 1.39. The molecule has 0 aliphatic carbocycles. The lowest BCUT2D eigenvalue weighted by atomic mass is 9.86. The number of hydrogen-bond acceptors (Lipinski definition) is 1. The van der Waals surface area contributed by atoms with Crippen LogP contribution in [0.4, 0.5) is 0 Å². The minimum absolute atomic E-state index is 0.112. The highest BCUT2D eigenvalue weighted by Gasteiger charge is 2.15. The molecule has 0 bridgehead atoms. The highest BCUT2D eigenvalue weighted by molar-refractivity contribution is 7.73. The topological polar surface area (TPSA) is 12.9 Å². The van der Waals surface area contributed by atoms with Crippen LogP contribution in [0.3, 0.4) is 0 Å². The summed E-state index contributed by atoms with van der Waals surface area (Å²) in [5, 5.41) is 2.87. The van der Waals surface area contributed by atoms with Crippen molar-refractivity contribution in [2.75, 3.05) is 6.16 Å². The third-order valence-electron chi connectivity index (χ3n) is 6.76. The Bertz CT molecular complexity index is 1410. The fraction of sp³-hybridized carbons (Fsp3) is 0.171. The quantitative estimate of drug-likeness (QED) is 0.205. The van der Waals surface area contributed by atoms with Crippen molar-refractivity contribution in [1.82, 2.24) is 4.98 Å². The normalized spacial score (nSPS) is 11.6. The monoisotopic (exact) mass is 499 g/mol. The van der Waals surface area contributed by atoms with Gasteiger partial charge in [0.15, 0.2) is 0 Å². The van der Waals surface area contributed by atoms with E-state index in [-0.39, 0.29) is 5.41 Å². The second kappa shape index (κ2) is 11.2. The van der Waals surface area contributed by atoms with E-state index in [0.717, 1.165) is 24.0 Å². The molecule has 0 amide bonds. The molecule has 0 saturated carbocycles. The van der Waals surface area contributed by atoms with Crippen LogP contribution in [0.25, 0.3) is 22.5 Å². The number of aromatic nitrogens is 1. The van der Waals surface area contributed by atoms with Crippen molar-refractivity contribution in [2.24, 2.45) is 0 Å². The second-order valence-corrected chi connectivity index (χ2v) is 12.8. The summed E-state index contributed by atoms with van der Waals surface area (Å²) in [5.41, 5.74) is 7.18. The van der Waals surface area contributed by atoms with Gasteiger partial charge in [0, 0.05) is 11.1 Å². The third-order valence-corrected chi connectivity index (χ3v) is 9.27. The van der Waals surface area contributed by atoms with Crippen LogP contribution in [-0.4, -0.2) is 11.1 Å². The highest BCUT2D eigenvalue weighted by atomic mass is 31.1. The summed E-state index contributed by atoms with van der Waals surface area (Å²) in [5.74, 6) is 0. The van der Waals surface area contributed by atoms with Crippen molar-refractivity contribution in [2.45, 2.75) is 32.6 Å². The molecule has 1 nitrogen and oxygen atoms in total. The minimum Gasteiger partial charge on any atom is -0.248 e. The van der Waals surface area contributed by atoms with Gasteiger partial charge in [0.25, 0.3) is 0 Å². The van der Waals surface area contributed by atoms with Crippen LogP contribution in [0.15, 0.2) is 127 Å². The fourth-order valence-electron chi connectivity index (χ4n) is 4.65. The van der Waals surface area contributed by atoms with Crippen LogP contribution in [0, 0.1) is 0 Å². The van der Waals surface area contributed by atoms with Gasteiger partial charge in [0.05, 0.1) is 11.4 Å². The van der Waals surface area contributed by atoms with E-state index in [1.807, 2.05) is 0 Å². The maximum atomic E-state index is 5.07. The van der Waals surface area contributed by atoms with Gasteiger partial charge in [0.1, 0.15) is 0 Å². The fourth-order valence-corrected chi connectivity index (χ4v) is 7.01. The van der Waals surface area contributed by atoms with Crippen LogP contribution in [0.2, 0.25) is 0 Å². The van der Waals surface area contributed by atoms with Gasteiger partial charge >= 0.3 is 0 Å². The first-order chi connectivity index (χ1) is 18.0. The Hall–Kier alpha value is -3.54. The molecule has 184 valence electrons. The van der Waals surface area contributed by atoms with Gasteiger partial charge in [-0.2, -0.15) is 0 Å². The first kappa shape index (κ1) is 25.1. The van der Waals surface area contributed by atoms with Gasteiger partial charge in [-0.25, -0.2) is 4.98 Å².